The summed E-state index contributed by atoms with van der Waals surface area (Å²) in [5.74, 6) is -0.136. The van der Waals surface area contributed by atoms with E-state index in [9.17, 15) is 4.79 Å². The molecule has 18 heavy (non-hydrogen) atoms. The van der Waals surface area contributed by atoms with Gasteiger partial charge in [-0.05, 0) is 35.7 Å². The van der Waals surface area contributed by atoms with Gasteiger partial charge in [-0.15, -0.1) is 11.3 Å². The molecule has 0 aliphatic heterocycles. The van der Waals surface area contributed by atoms with E-state index < -0.39 is 0 Å². The Morgan fingerprint density at radius 1 is 1.50 bits per heavy atom. The van der Waals surface area contributed by atoms with Gasteiger partial charge in [0, 0.05) is 15.8 Å². The smallest absolute Gasteiger partial charge is 0.267 e. The SMILES string of the molecule is CCc1c(C(=O)N/N=C\c2ccsc2)csc1C. The van der Waals surface area contributed by atoms with E-state index in [2.05, 4.69) is 17.5 Å². The quantitative estimate of drug-likeness (QED) is 0.675. The lowest BCUT2D eigenvalue weighted by Crippen LogP contribution is -2.18. The molecule has 0 unspecified atom stereocenters. The van der Waals surface area contributed by atoms with Crippen LogP contribution in [0.4, 0.5) is 0 Å². The van der Waals surface area contributed by atoms with E-state index in [0.717, 1.165) is 23.1 Å². The highest BCUT2D eigenvalue weighted by molar-refractivity contribution is 7.10. The van der Waals surface area contributed by atoms with Crippen LogP contribution >= 0.6 is 22.7 Å². The summed E-state index contributed by atoms with van der Waals surface area (Å²) in [4.78, 5) is 13.1. The average Bonchev–Trinajstić information content (AvgIpc) is 2.98. The topological polar surface area (TPSA) is 41.5 Å². The van der Waals surface area contributed by atoms with Crippen LogP contribution in [0.15, 0.2) is 27.3 Å². The van der Waals surface area contributed by atoms with Gasteiger partial charge in [0.15, 0.2) is 0 Å². The van der Waals surface area contributed by atoms with Crippen LogP contribution in [0.25, 0.3) is 0 Å². The van der Waals surface area contributed by atoms with Crippen LogP contribution in [-0.4, -0.2) is 12.1 Å². The molecular weight excluding hydrogens is 264 g/mol. The Hall–Kier alpha value is -1.46. The van der Waals surface area contributed by atoms with Crippen molar-refractivity contribution in [2.75, 3.05) is 0 Å². The van der Waals surface area contributed by atoms with Gasteiger partial charge >= 0.3 is 0 Å². The summed E-state index contributed by atoms with van der Waals surface area (Å²) in [5.41, 5.74) is 5.42. The zero-order valence-electron chi connectivity index (χ0n) is 10.3. The molecule has 0 spiro atoms. The molecule has 0 fully saturated rings. The van der Waals surface area contributed by atoms with Crippen molar-refractivity contribution in [3.05, 3.63) is 43.8 Å². The van der Waals surface area contributed by atoms with E-state index in [4.69, 9.17) is 0 Å². The van der Waals surface area contributed by atoms with Crippen molar-refractivity contribution in [1.29, 1.82) is 0 Å². The molecule has 0 saturated heterocycles. The van der Waals surface area contributed by atoms with Crippen LogP contribution in [0.2, 0.25) is 0 Å². The fourth-order valence-electron chi connectivity index (χ4n) is 1.68. The first kappa shape index (κ1) is 13.0. The number of hydrogen-bond acceptors (Lipinski definition) is 4. The van der Waals surface area contributed by atoms with Crippen LogP contribution in [0.1, 0.15) is 33.3 Å². The number of hydrogen-bond donors (Lipinski definition) is 1. The highest BCUT2D eigenvalue weighted by Gasteiger charge is 2.13. The number of rotatable bonds is 4. The predicted molar refractivity (Wildman–Crippen MR) is 77.8 cm³/mol. The second-order valence-corrected chi connectivity index (χ2v) is 5.66. The Bertz CT molecular complexity index is 556. The minimum absolute atomic E-state index is 0.136. The number of carbonyl (C=O) groups is 1. The lowest BCUT2D eigenvalue weighted by Gasteiger charge is -2.01. The molecule has 0 saturated carbocycles. The maximum absolute atomic E-state index is 12.0. The fourth-order valence-corrected chi connectivity index (χ4v) is 3.23. The molecule has 0 radical (unpaired) electrons. The fraction of sp³-hybridized carbons (Fsp3) is 0.231. The lowest BCUT2D eigenvalue weighted by atomic mass is 10.1. The molecule has 0 aliphatic carbocycles. The third-order valence-corrected chi connectivity index (χ3v) is 4.28. The summed E-state index contributed by atoms with van der Waals surface area (Å²) < 4.78 is 0. The summed E-state index contributed by atoms with van der Waals surface area (Å²) in [6, 6.07) is 1.95. The number of aryl methyl sites for hydroxylation is 1. The third kappa shape index (κ3) is 2.86. The largest absolute Gasteiger partial charge is 0.272 e. The highest BCUT2D eigenvalue weighted by atomic mass is 32.1. The number of hydrazone groups is 1. The summed E-state index contributed by atoms with van der Waals surface area (Å²) in [5, 5.41) is 9.80. The van der Waals surface area contributed by atoms with Gasteiger partial charge < -0.3 is 0 Å². The van der Waals surface area contributed by atoms with Gasteiger partial charge in [-0.2, -0.15) is 16.4 Å². The van der Waals surface area contributed by atoms with Crippen LogP contribution in [-0.2, 0) is 6.42 Å². The number of carbonyl (C=O) groups excluding carboxylic acids is 1. The molecule has 2 rings (SSSR count). The second-order valence-electron chi connectivity index (χ2n) is 3.79. The minimum Gasteiger partial charge on any atom is -0.267 e. The third-order valence-electron chi connectivity index (χ3n) is 2.62. The highest BCUT2D eigenvalue weighted by Crippen LogP contribution is 2.22. The van der Waals surface area contributed by atoms with Gasteiger partial charge in [-0.1, -0.05) is 6.92 Å². The standard InChI is InChI=1S/C13H14N2OS2/c1-3-11-9(2)18-8-12(11)13(16)15-14-6-10-4-5-17-7-10/h4-8H,3H2,1-2H3,(H,15,16)/b14-6-. The monoisotopic (exact) mass is 278 g/mol. The number of nitrogens with zero attached hydrogens (tertiary/aromatic N) is 1. The van der Waals surface area contributed by atoms with E-state index in [1.165, 1.54) is 4.88 Å². The van der Waals surface area contributed by atoms with Crippen LogP contribution in [0.5, 0.6) is 0 Å². The van der Waals surface area contributed by atoms with Crippen molar-refractivity contribution in [3.8, 4) is 0 Å². The Morgan fingerprint density at radius 2 is 2.33 bits per heavy atom. The molecule has 2 aromatic rings. The zero-order chi connectivity index (χ0) is 13.0. The summed E-state index contributed by atoms with van der Waals surface area (Å²) in [6.07, 6.45) is 2.52. The number of thiophene rings is 2. The van der Waals surface area contributed by atoms with E-state index in [-0.39, 0.29) is 5.91 Å². The molecule has 0 atom stereocenters. The Labute approximate surface area is 114 Å². The molecule has 94 valence electrons. The molecule has 1 amide bonds. The summed E-state index contributed by atoms with van der Waals surface area (Å²) in [6.45, 7) is 4.09. The molecule has 1 N–H and O–H groups in total. The first-order valence-corrected chi connectivity index (χ1v) is 7.47. The van der Waals surface area contributed by atoms with Gasteiger partial charge in [0.2, 0.25) is 0 Å². The van der Waals surface area contributed by atoms with E-state index in [0.29, 0.717) is 0 Å². The molecule has 0 aliphatic rings. The predicted octanol–water partition coefficient (Wildman–Crippen LogP) is 3.44. The maximum Gasteiger partial charge on any atom is 0.272 e. The Kier molecular flexibility index (Phi) is 4.28. The van der Waals surface area contributed by atoms with Crippen molar-refractivity contribution < 1.29 is 4.79 Å². The van der Waals surface area contributed by atoms with E-state index in [1.807, 2.05) is 29.1 Å². The Balaban J connectivity index is 2.04. The van der Waals surface area contributed by atoms with Gasteiger partial charge in [-0.25, -0.2) is 5.43 Å². The van der Waals surface area contributed by atoms with Gasteiger partial charge in [0.05, 0.1) is 11.8 Å². The summed E-state index contributed by atoms with van der Waals surface area (Å²) >= 11 is 3.21. The van der Waals surface area contributed by atoms with Gasteiger partial charge in [-0.3, -0.25) is 4.79 Å². The molecule has 5 heteroatoms. The molecule has 2 heterocycles. The molecule has 3 nitrogen and oxygen atoms in total. The van der Waals surface area contributed by atoms with Crippen molar-refractivity contribution in [2.24, 2.45) is 5.10 Å². The zero-order valence-corrected chi connectivity index (χ0v) is 11.9. The Morgan fingerprint density at radius 3 is 3.00 bits per heavy atom. The summed E-state index contributed by atoms with van der Waals surface area (Å²) in [7, 11) is 0. The molecule has 2 aromatic heterocycles. The van der Waals surface area contributed by atoms with Crippen molar-refractivity contribution >= 4 is 34.8 Å². The maximum atomic E-state index is 12.0. The van der Waals surface area contributed by atoms with Crippen molar-refractivity contribution in [1.82, 2.24) is 5.43 Å². The molecule has 0 aromatic carbocycles. The lowest BCUT2D eigenvalue weighted by molar-refractivity contribution is 0.0954. The number of amides is 1. The van der Waals surface area contributed by atoms with Crippen LogP contribution < -0.4 is 5.43 Å². The molecule has 0 bridgehead atoms. The van der Waals surface area contributed by atoms with Gasteiger partial charge in [0.1, 0.15) is 0 Å². The van der Waals surface area contributed by atoms with Crippen molar-refractivity contribution in [3.63, 3.8) is 0 Å². The van der Waals surface area contributed by atoms with Crippen LogP contribution in [0.3, 0.4) is 0 Å². The number of nitrogens with one attached hydrogen (secondary N) is 1. The van der Waals surface area contributed by atoms with Crippen LogP contribution in [0, 0.1) is 6.92 Å². The second kappa shape index (κ2) is 5.93. The van der Waals surface area contributed by atoms with Crippen molar-refractivity contribution in [2.45, 2.75) is 20.3 Å². The normalized spacial score (nSPS) is 11.0. The van der Waals surface area contributed by atoms with E-state index >= 15 is 0 Å². The first-order chi connectivity index (χ1) is 8.72. The average molecular weight is 278 g/mol. The first-order valence-electron chi connectivity index (χ1n) is 5.65. The minimum atomic E-state index is -0.136. The van der Waals surface area contributed by atoms with E-state index in [1.54, 1.807) is 28.9 Å². The molecular formula is C13H14N2OS2. The van der Waals surface area contributed by atoms with Gasteiger partial charge in [0.25, 0.3) is 5.91 Å².